The molecule has 0 amide bonds. The predicted molar refractivity (Wildman–Crippen MR) is 127 cm³/mol. The quantitative estimate of drug-likeness (QED) is 0.427. The zero-order chi connectivity index (χ0) is 22.7. The Morgan fingerprint density at radius 2 is 1.50 bits per heavy atom. The highest BCUT2D eigenvalue weighted by Crippen LogP contribution is 2.25. The third-order valence-electron chi connectivity index (χ3n) is 5.21. The summed E-state index contributed by atoms with van der Waals surface area (Å²) in [5.74, 6) is 1.27. The number of para-hydroxylation sites is 2. The van der Waals surface area contributed by atoms with Crippen molar-refractivity contribution in [3.8, 4) is 5.75 Å². The molecule has 4 rings (SSSR count). The Labute approximate surface area is 187 Å². The van der Waals surface area contributed by atoms with Crippen LogP contribution in [0.3, 0.4) is 0 Å². The number of hydrogen-bond acceptors (Lipinski definition) is 6. The zero-order valence-corrected chi connectivity index (χ0v) is 18.9. The minimum atomic E-state index is -3.84. The molecule has 164 valence electrons. The fourth-order valence-electron chi connectivity index (χ4n) is 3.19. The second-order valence-electron chi connectivity index (χ2n) is 7.46. The molecule has 0 unspecified atom stereocenters. The number of hydrogen-bond donors (Lipinski definition) is 2. The van der Waals surface area contributed by atoms with Crippen LogP contribution in [0.25, 0.3) is 11.0 Å². The van der Waals surface area contributed by atoms with Gasteiger partial charge in [0.25, 0.3) is 10.0 Å². The van der Waals surface area contributed by atoms with E-state index in [1.165, 1.54) is 0 Å². The van der Waals surface area contributed by atoms with Crippen LogP contribution < -0.4 is 14.8 Å². The normalized spacial score (nSPS) is 11.3. The van der Waals surface area contributed by atoms with Crippen LogP contribution in [0.15, 0.2) is 71.6 Å². The Kier molecular flexibility index (Phi) is 5.96. The predicted octanol–water partition coefficient (Wildman–Crippen LogP) is 4.67. The molecule has 7 nitrogen and oxygen atoms in total. The standard InChI is InChI=1S/C24H24N4O3S/c1-16-8-13-20(14-17(16)2)32(29,30)28-24-23(26-21-6-4-5-7-22(21)27-24)25-15-18-9-11-19(31-3)12-10-18/h4-14H,15H2,1-3H3,(H,25,26)(H,27,28). The van der Waals surface area contributed by atoms with Crippen LogP contribution in [0.4, 0.5) is 11.6 Å². The molecule has 0 radical (unpaired) electrons. The lowest BCUT2D eigenvalue weighted by Crippen LogP contribution is -2.17. The van der Waals surface area contributed by atoms with Crippen molar-refractivity contribution in [2.75, 3.05) is 17.1 Å². The van der Waals surface area contributed by atoms with Gasteiger partial charge in [-0.2, -0.15) is 0 Å². The lowest BCUT2D eigenvalue weighted by molar-refractivity contribution is 0.414. The minimum absolute atomic E-state index is 0.149. The van der Waals surface area contributed by atoms with Crippen LogP contribution >= 0.6 is 0 Å². The van der Waals surface area contributed by atoms with E-state index >= 15 is 0 Å². The van der Waals surface area contributed by atoms with E-state index in [1.54, 1.807) is 31.4 Å². The van der Waals surface area contributed by atoms with Gasteiger partial charge >= 0.3 is 0 Å². The van der Waals surface area contributed by atoms with E-state index in [2.05, 4.69) is 20.0 Å². The Bertz CT molecular complexity index is 1370. The largest absolute Gasteiger partial charge is 0.497 e. The van der Waals surface area contributed by atoms with Crippen LogP contribution in [-0.4, -0.2) is 25.5 Å². The number of methoxy groups -OCH3 is 1. The van der Waals surface area contributed by atoms with Gasteiger partial charge in [0, 0.05) is 6.54 Å². The Morgan fingerprint density at radius 1 is 0.844 bits per heavy atom. The molecule has 2 N–H and O–H groups in total. The number of sulfonamides is 1. The number of aryl methyl sites for hydroxylation is 2. The topological polar surface area (TPSA) is 93.2 Å². The molecule has 0 atom stereocenters. The molecule has 3 aromatic carbocycles. The molecule has 32 heavy (non-hydrogen) atoms. The molecule has 0 spiro atoms. The van der Waals surface area contributed by atoms with Crippen molar-refractivity contribution in [1.82, 2.24) is 9.97 Å². The summed E-state index contributed by atoms with van der Waals surface area (Å²) in [5, 5.41) is 3.21. The Balaban J connectivity index is 1.67. The monoisotopic (exact) mass is 448 g/mol. The number of anilines is 2. The average Bonchev–Trinajstić information content (AvgIpc) is 2.79. The third kappa shape index (κ3) is 4.65. The third-order valence-corrected chi connectivity index (χ3v) is 6.55. The number of nitrogens with one attached hydrogen (secondary N) is 2. The number of aromatic nitrogens is 2. The summed E-state index contributed by atoms with van der Waals surface area (Å²) < 4.78 is 34.0. The van der Waals surface area contributed by atoms with Crippen LogP contribution in [0.5, 0.6) is 5.75 Å². The summed E-state index contributed by atoms with van der Waals surface area (Å²) in [6.07, 6.45) is 0. The maximum absolute atomic E-state index is 13.1. The van der Waals surface area contributed by atoms with Crippen molar-refractivity contribution >= 4 is 32.7 Å². The van der Waals surface area contributed by atoms with E-state index in [-0.39, 0.29) is 10.7 Å². The molecule has 4 aromatic rings. The first kappa shape index (κ1) is 21.6. The van der Waals surface area contributed by atoms with Crippen molar-refractivity contribution in [2.24, 2.45) is 0 Å². The Hall–Kier alpha value is -3.65. The van der Waals surface area contributed by atoms with Crippen molar-refractivity contribution in [3.05, 3.63) is 83.4 Å². The van der Waals surface area contributed by atoms with Gasteiger partial charge in [-0.3, -0.25) is 4.72 Å². The van der Waals surface area contributed by atoms with E-state index in [1.807, 2.05) is 56.3 Å². The first-order valence-electron chi connectivity index (χ1n) is 10.1. The second-order valence-corrected chi connectivity index (χ2v) is 9.15. The van der Waals surface area contributed by atoms with E-state index in [4.69, 9.17) is 4.74 Å². The molecule has 0 aliphatic heterocycles. The van der Waals surface area contributed by atoms with Crippen LogP contribution in [0.2, 0.25) is 0 Å². The van der Waals surface area contributed by atoms with Gasteiger partial charge in [0.2, 0.25) is 0 Å². The second kappa shape index (κ2) is 8.84. The number of rotatable bonds is 7. The highest BCUT2D eigenvalue weighted by Gasteiger charge is 2.19. The fraction of sp³-hybridized carbons (Fsp3) is 0.167. The van der Waals surface area contributed by atoms with Gasteiger partial charge in [-0.15, -0.1) is 0 Å². The summed E-state index contributed by atoms with van der Waals surface area (Å²) in [4.78, 5) is 9.32. The number of nitrogens with zero attached hydrogens (tertiary/aromatic N) is 2. The molecule has 0 saturated heterocycles. The van der Waals surface area contributed by atoms with Gasteiger partial charge in [0.05, 0.1) is 23.0 Å². The summed E-state index contributed by atoms with van der Waals surface area (Å²) >= 11 is 0. The van der Waals surface area contributed by atoms with Gasteiger partial charge < -0.3 is 10.1 Å². The maximum atomic E-state index is 13.1. The number of ether oxygens (including phenoxy) is 1. The summed E-state index contributed by atoms with van der Waals surface area (Å²) in [7, 11) is -2.23. The van der Waals surface area contributed by atoms with E-state index < -0.39 is 10.0 Å². The highest BCUT2D eigenvalue weighted by atomic mass is 32.2. The molecule has 8 heteroatoms. The fourth-order valence-corrected chi connectivity index (χ4v) is 4.28. The highest BCUT2D eigenvalue weighted by molar-refractivity contribution is 7.92. The van der Waals surface area contributed by atoms with Gasteiger partial charge in [0.15, 0.2) is 11.6 Å². The summed E-state index contributed by atoms with van der Waals surface area (Å²) in [5.41, 5.74) is 4.18. The lowest BCUT2D eigenvalue weighted by atomic mass is 10.1. The van der Waals surface area contributed by atoms with Gasteiger partial charge in [-0.05, 0) is 66.9 Å². The molecule has 0 bridgehead atoms. The van der Waals surface area contributed by atoms with Crippen molar-refractivity contribution in [3.63, 3.8) is 0 Å². The van der Waals surface area contributed by atoms with Crippen LogP contribution in [0, 0.1) is 13.8 Å². The molecule has 1 heterocycles. The van der Waals surface area contributed by atoms with Crippen LogP contribution in [-0.2, 0) is 16.6 Å². The minimum Gasteiger partial charge on any atom is -0.497 e. The lowest BCUT2D eigenvalue weighted by Gasteiger charge is -2.14. The SMILES string of the molecule is COc1ccc(CNc2nc3ccccc3nc2NS(=O)(=O)c2ccc(C)c(C)c2)cc1. The van der Waals surface area contributed by atoms with E-state index in [0.29, 0.717) is 23.4 Å². The van der Waals surface area contributed by atoms with E-state index in [9.17, 15) is 8.42 Å². The number of benzene rings is 3. The smallest absolute Gasteiger partial charge is 0.263 e. The maximum Gasteiger partial charge on any atom is 0.263 e. The van der Waals surface area contributed by atoms with E-state index in [0.717, 1.165) is 22.4 Å². The van der Waals surface area contributed by atoms with Crippen molar-refractivity contribution in [1.29, 1.82) is 0 Å². The zero-order valence-electron chi connectivity index (χ0n) is 18.1. The molecular formula is C24H24N4O3S. The number of fused-ring (bicyclic) bond motifs is 1. The van der Waals surface area contributed by atoms with Crippen LogP contribution in [0.1, 0.15) is 16.7 Å². The van der Waals surface area contributed by atoms with Crippen molar-refractivity contribution in [2.45, 2.75) is 25.3 Å². The summed E-state index contributed by atoms with van der Waals surface area (Å²) in [6, 6.07) is 20.0. The molecule has 1 aromatic heterocycles. The molecule has 0 fully saturated rings. The van der Waals surface area contributed by atoms with Gasteiger partial charge in [-0.1, -0.05) is 30.3 Å². The van der Waals surface area contributed by atoms with Crippen molar-refractivity contribution < 1.29 is 13.2 Å². The molecular weight excluding hydrogens is 424 g/mol. The van der Waals surface area contributed by atoms with Gasteiger partial charge in [0.1, 0.15) is 5.75 Å². The summed E-state index contributed by atoms with van der Waals surface area (Å²) in [6.45, 7) is 4.26. The first-order chi connectivity index (χ1) is 15.4. The average molecular weight is 449 g/mol. The van der Waals surface area contributed by atoms with Gasteiger partial charge in [-0.25, -0.2) is 18.4 Å². The Morgan fingerprint density at radius 3 is 2.12 bits per heavy atom. The first-order valence-corrected chi connectivity index (χ1v) is 11.6. The molecule has 0 aliphatic rings. The molecule has 0 aliphatic carbocycles. The molecule has 0 saturated carbocycles.